The molecular formula is C22H23F3N4O6S. The van der Waals surface area contributed by atoms with Crippen LogP contribution < -0.4 is 9.47 Å². The zero-order chi connectivity index (χ0) is 26.3. The lowest BCUT2D eigenvalue weighted by Crippen LogP contribution is -2.29. The zero-order valence-corrected chi connectivity index (χ0v) is 20.1. The van der Waals surface area contributed by atoms with Crippen molar-refractivity contribution >= 4 is 26.9 Å². The standard InChI is InChI=1S/C22H23F3N4O6S/c1-3-34-14-4-6-15(7-5-14)36(32,33)28-11-13(2)19(12-28)29-18-9-20(35-22(23,24)25)26-10-16(18)17(27-29)8-21(30)31/h4-7,9-10,13,19H,3,8,11-12H2,1-2H3,(H,30,31)/t13-,19?/m1/s1. The van der Waals surface area contributed by atoms with Gasteiger partial charge in [0, 0.05) is 30.7 Å². The van der Waals surface area contributed by atoms with Crippen LogP contribution in [-0.4, -0.2) is 64.6 Å². The number of sulfonamides is 1. The topological polar surface area (TPSA) is 124 Å². The number of carbonyl (C=O) groups is 1. The predicted molar refractivity (Wildman–Crippen MR) is 120 cm³/mol. The first-order valence-electron chi connectivity index (χ1n) is 11.0. The first-order chi connectivity index (χ1) is 16.9. The third-order valence-corrected chi connectivity index (χ3v) is 7.65. The number of aliphatic carboxylic acids is 1. The van der Waals surface area contributed by atoms with Crippen molar-refractivity contribution in [2.45, 2.75) is 37.6 Å². The van der Waals surface area contributed by atoms with Crippen molar-refractivity contribution in [2.75, 3.05) is 19.7 Å². The van der Waals surface area contributed by atoms with Gasteiger partial charge in [0.25, 0.3) is 0 Å². The van der Waals surface area contributed by atoms with Gasteiger partial charge in [0.05, 0.1) is 35.2 Å². The summed E-state index contributed by atoms with van der Waals surface area (Å²) in [6.07, 6.45) is -4.38. The summed E-state index contributed by atoms with van der Waals surface area (Å²) in [7, 11) is -3.89. The van der Waals surface area contributed by atoms with Crippen molar-refractivity contribution in [3.05, 3.63) is 42.2 Å². The van der Waals surface area contributed by atoms with Crippen molar-refractivity contribution in [2.24, 2.45) is 5.92 Å². The number of halogens is 3. The molecule has 0 amide bonds. The molecular weight excluding hydrogens is 505 g/mol. The second-order valence-electron chi connectivity index (χ2n) is 8.32. The van der Waals surface area contributed by atoms with Crippen LogP contribution in [0, 0.1) is 5.92 Å². The molecule has 14 heteroatoms. The smallest absolute Gasteiger partial charge is 0.494 e. The van der Waals surface area contributed by atoms with Crippen LogP contribution in [0.2, 0.25) is 0 Å². The summed E-state index contributed by atoms with van der Waals surface area (Å²) in [5.74, 6) is -1.68. The van der Waals surface area contributed by atoms with E-state index in [1.54, 1.807) is 19.1 Å². The van der Waals surface area contributed by atoms with Crippen molar-refractivity contribution in [3.63, 3.8) is 0 Å². The fraction of sp³-hybridized carbons (Fsp3) is 0.409. The summed E-state index contributed by atoms with van der Waals surface area (Å²) in [5.41, 5.74) is 0.265. The third-order valence-electron chi connectivity index (χ3n) is 5.81. The molecule has 1 aromatic carbocycles. The number of carboxylic acids is 1. The fourth-order valence-corrected chi connectivity index (χ4v) is 5.78. The van der Waals surface area contributed by atoms with E-state index in [4.69, 9.17) is 4.74 Å². The van der Waals surface area contributed by atoms with E-state index >= 15 is 0 Å². The molecule has 2 aromatic heterocycles. The van der Waals surface area contributed by atoms with Crippen LogP contribution in [0.15, 0.2) is 41.4 Å². The summed E-state index contributed by atoms with van der Waals surface area (Å²) in [6, 6.07) is 6.45. The van der Waals surface area contributed by atoms with Gasteiger partial charge in [-0.1, -0.05) is 6.92 Å². The van der Waals surface area contributed by atoms with Gasteiger partial charge in [-0.15, -0.1) is 13.2 Å². The van der Waals surface area contributed by atoms with E-state index in [1.165, 1.54) is 21.1 Å². The summed E-state index contributed by atoms with van der Waals surface area (Å²) in [4.78, 5) is 15.0. The Bertz CT molecular complexity index is 1370. The highest BCUT2D eigenvalue weighted by Crippen LogP contribution is 2.36. The lowest BCUT2D eigenvalue weighted by atomic mass is 10.1. The highest BCUT2D eigenvalue weighted by atomic mass is 32.2. The number of fused-ring (bicyclic) bond motifs is 1. The number of hydrogen-bond donors (Lipinski definition) is 1. The molecule has 0 bridgehead atoms. The number of carboxylic acid groups (broad SMARTS) is 1. The summed E-state index contributed by atoms with van der Waals surface area (Å²) in [6.45, 7) is 4.15. The van der Waals surface area contributed by atoms with E-state index in [2.05, 4.69) is 14.8 Å². The Kier molecular flexibility index (Phi) is 6.84. The van der Waals surface area contributed by atoms with Crippen LogP contribution in [0.3, 0.4) is 0 Å². The largest absolute Gasteiger partial charge is 0.574 e. The fourth-order valence-electron chi connectivity index (χ4n) is 4.22. The van der Waals surface area contributed by atoms with Crippen molar-refractivity contribution in [1.82, 2.24) is 19.1 Å². The first kappa shape index (κ1) is 25.7. The maximum atomic E-state index is 13.3. The van der Waals surface area contributed by atoms with Gasteiger partial charge in [0.1, 0.15) is 5.75 Å². The molecule has 0 aliphatic carbocycles. The van der Waals surface area contributed by atoms with Crippen molar-refractivity contribution in [3.8, 4) is 11.6 Å². The summed E-state index contributed by atoms with van der Waals surface area (Å²) in [5, 5.41) is 13.8. The average Bonchev–Trinajstić information content (AvgIpc) is 3.33. The highest BCUT2D eigenvalue weighted by molar-refractivity contribution is 7.89. The Labute approximate surface area is 204 Å². The maximum Gasteiger partial charge on any atom is 0.574 e. The van der Waals surface area contributed by atoms with Gasteiger partial charge in [-0.05, 0) is 37.1 Å². The number of aromatic nitrogens is 3. The number of hydrogen-bond acceptors (Lipinski definition) is 7. The van der Waals surface area contributed by atoms with Crippen LogP contribution in [0.1, 0.15) is 25.6 Å². The Morgan fingerprint density at radius 2 is 1.92 bits per heavy atom. The Hall–Kier alpha value is -3.39. The summed E-state index contributed by atoms with van der Waals surface area (Å²) >= 11 is 0. The molecule has 4 rings (SSSR count). The summed E-state index contributed by atoms with van der Waals surface area (Å²) < 4.78 is 76.7. The average molecular weight is 529 g/mol. The van der Waals surface area contributed by atoms with Crippen LogP contribution in [0.25, 0.3) is 10.9 Å². The molecule has 1 aliphatic rings. The van der Waals surface area contributed by atoms with Crippen molar-refractivity contribution in [1.29, 1.82) is 0 Å². The number of pyridine rings is 1. The molecule has 10 nitrogen and oxygen atoms in total. The number of rotatable bonds is 8. The van der Waals surface area contributed by atoms with Gasteiger partial charge in [-0.3, -0.25) is 9.48 Å². The quantitative estimate of drug-likeness (QED) is 0.473. The minimum Gasteiger partial charge on any atom is -0.494 e. The lowest BCUT2D eigenvalue weighted by molar-refractivity contribution is -0.276. The van der Waals surface area contributed by atoms with Gasteiger partial charge >= 0.3 is 12.3 Å². The molecule has 2 atom stereocenters. The number of ether oxygens (including phenoxy) is 2. The van der Waals surface area contributed by atoms with Gasteiger partial charge in [0.15, 0.2) is 0 Å². The van der Waals surface area contributed by atoms with E-state index in [0.717, 1.165) is 12.3 Å². The van der Waals surface area contributed by atoms with Crippen LogP contribution in [-0.2, 0) is 21.2 Å². The monoisotopic (exact) mass is 528 g/mol. The lowest BCUT2D eigenvalue weighted by Gasteiger charge is -2.18. The molecule has 1 N–H and O–H groups in total. The number of nitrogens with zero attached hydrogens (tertiary/aromatic N) is 4. The number of alkyl halides is 3. The molecule has 1 saturated heterocycles. The van der Waals surface area contributed by atoms with Crippen LogP contribution in [0.5, 0.6) is 11.6 Å². The van der Waals surface area contributed by atoms with Gasteiger partial charge in [0.2, 0.25) is 15.9 Å². The molecule has 194 valence electrons. The second-order valence-corrected chi connectivity index (χ2v) is 10.3. The van der Waals surface area contributed by atoms with Crippen LogP contribution in [0.4, 0.5) is 13.2 Å². The second kappa shape index (κ2) is 9.58. The van der Waals surface area contributed by atoms with E-state index in [-0.39, 0.29) is 40.5 Å². The Balaban J connectivity index is 1.69. The molecule has 3 heterocycles. The molecule has 0 spiro atoms. The zero-order valence-electron chi connectivity index (χ0n) is 19.3. The number of benzene rings is 1. The minimum absolute atomic E-state index is 0.0161. The molecule has 1 aliphatic heterocycles. The highest BCUT2D eigenvalue weighted by Gasteiger charge is 2.40. The van der Waals surface area contributed by atoms with Gasteiger partial charge in [-0.25, -0.2) is 13.4 Å². The van der Waals surface area contributed by atoms with E-state index in [9.17, 15) is 31.5 Å². The molecule has 3 aromatic rings. The third kappa shape index (κ3) is 5.23. The SMILES string of the molecule is CCOc1ccc(S(=O)(=O)N2CC(n3nc(CC(=O)O)c4cnc(OC(F)(F)F)cc43)[C@H](C)C2)cc1. The molecule has 0 saturated carbocycles. The van der Waals surface area contributed by atoms with E-state index in [1.807, 2.05) is 6.92 Å². The predicted octanol–water partition coefficient (Wildman–Crippen LogP) is 3.24. The molecule has 1 unspecified atom stereocenters. The first-order valence-corrected chi connectivity index (χ1v) is 12.4. The normalized spacial score (nSPS) is 19.0. The van der Waals surface area contributed by atoms with Crippen molar-refractivity contribution < 1.29 is 41.0 Å². The van der Waals surface area contributed by atoms with Crippen LogP contribution >= 0.6 is 0 Å². The Morgan fingerprint density at radius 3 is 2.53 bits per heavy atom. The van der Waals surface area contributed by atoms with E-state index < -0.39 is 40.7 Å². The minimum atomic E-state index is -4.97. The van der Waals surface area contributed by atoms with Gasteiger partial charge < -0.3 is 14.6 Å². The molecule has 36 heavy (non-hydrogen) atoms. The van der Waals surface area contributed by atoms with Gasteiger partial charge in [-0.2, -0.15) is 9.40 Å². The molecule has 0 radical (unpaired) electrons. The Morgan fingerprint density at radius 1 is 1.22 bits per heavy atom. The maximum absolute atomic E-state index is 13.3. The molecule has 1 fully saturated rings. The van der Waals surface area contributed by atoms with E-state index in [0.29, 0.717) is 12.4 Å².